The predicted octanol–water partition coefficient (Wildman–Crippen LogP) is 4.04. The molecule has 0 fully saturated rings. The van der Waals surface area contributed by atoms with Gasteiger partial charge in [-0.3, -0.25) is 10.1 Å². The second-order valence-electron chi connectivity index (χ2n) is 6.01. The first-order valence-electron chi connectivity index (χ1n) is 8.59. The summed E-state index contributed by atoms with van der Waals surface area (Å²) >= 11 is 3.60. The van der Waals surface area contributed by atoms with Crippen LogP contribution in [0, 0.1) is 0 Å². The second kappa shape index (κ2) is 9.97. The highest BCUT2D eigenvalue weighted by Crippen LogP contribution is 2.41. The Labute approximate surface area is 173 Å². The SMILES string of the molecule is CCOC(=O)C1Cc2c(c(Br)cc(OC)c2OCc2ccccc2)CN1.Cl. The molecule has 7 heteroatoms. The molecule has 2 aromatic rings. The summed E-state index contributed by atoms with van der Waals surface area (Å²) in [5, 5.41) is 3.24. The predicted molar refractivity (Wildman–Crippen MR) is 110 cm³/mol. The van der Waals surface area contributed by atoms with Gasteiger partial charge in [-0.25, -0.2) is 0 Å². The Hall–Kier alpha value is -1.76. The molecule has 3 rings (SSSR count). The molecule has 5 nitrogen and oxygen atoms in total. The molecule has 1 aliphatic rings. The van der Waals surface area contributed by atoms with Gasteiger partial charge in [0.15, 0.2) is 11.5 Å². The molecular weight excluding hydrogens is 434 g/mol. The summed E-state index contributed by atoms with van der Waals surface area (Å²) in [5.41, 5.74) is 3.13. The van der Waals surface area contributed by atoms with Gasteiger partial charge in [-0.05, 0) is 24.1 Å². The molecular formula is C20H23BrClNO4. The molecule has 0 amide bonds. The molecule has 0 aliphatic carbocycles. The van der Waals surface area contributed by atoms with Gasteiger partial charge in [0.05, 0.1) is 13.7 Å². The summed E-state index contributed by atoms with van der Waals surface area (Å²) in [5.74, 6) is 1.09. The van der Waals surface area contributed by atoms with E-state index >= 15 is 0 Å². The van der Waals surface area contributed by atoms with Crippen molar-refractivity contribution in [2.24, 2.45) is 0 Å². The Morgan fingerprint density at radius 3 is 2.67 bits per heavy atom. The first-order valence-corrected chi connectivity index (χ1v) is 9.38. The van der Waals surface area contributed by atoms with Gasteiger partial charge in [-0.15, -0.1) is 12.4 Å². The van der Waals surface area contributed by atoms with E-state index in [1.807, 2.05) is 43.3 Å². The number of halogens is 2. The van der Waals surface area contributed by atoms with Crippen molar-refractivity contribution in [3.8, 4) is 11.5 Å². The van der Waals surface area contributed by atoms with Crippen LogP contribution in [0.5, 0.6) is 11.5 Å². The fraction of sp³-hybridized carbons (Fsp3) is 0.350. The van der Waals surface area contributed by atoms with Crippen LogP contribution >= 0.6 is 28.3 Å². The van der Waals surface area contributed by atoms with Gasteiger partial charge >= 0.3 is 5.97 Å². The van der Waals surface area contributed by atoms with Crippen molar-refractivity contribution >= 4 is 34.3 Å². The van der Waals surface area contributed by atoms with E-state index in [4.69, 9.17) is 14.2 Å². The summed E-state index contributed by atoms with van der Waals surface area (Å²) < 4.78 is 17.8. The topological polar surface area (TPSA) is 56.8 Å². The van der Waals surface area contributed by atoms with Crippen molar-refractivity contribution in [1.82, 2.24) is 5.32 Å². The van der Waals surface area contributed by atoms with Crippen LogP contribution < -0.4 is 14.8 Å². The molecule has 0 saturated heterocycles. The van der Waals surface area contributed by atoms with Crippen LogP contribution in [0.3, 0.4) is 0 Å². The van der Waals surface area contributed by atoms with Gasteiger partial charge in [0.1, 0.15) is 12.6 Å². The maximum absolute atomic E-state index is 12.2. The molecule has 0 radical (unpaired) electrons. The number of methoxy groups -OCH3 is 1. The monoisotopic (exact) mass is 455 g/mol. The molecule has 0 aromatic heterocycles. The number of esters is 1. The molecule has 1 atom stereocenters. The number of carbonyl (C=O) groups excluding carboxylic acids is 1. The van der Waals surface area contributed by atoms with Crippen LogP contribution in [0.1, 0.15) is 23.6 Å². The van der Waals surface area contributed by atoms with Crippen molar-refractivity contribution in [2.75, 3.05) is 13.7 Å². The third-order valence-electron chi connectivity index (χ3n) is 4.36. The fourth-order valence-electron chi connectivity index (χ4n) is 3.06. The molecule has 1 N–H and O–H groups in total. The second-order valence-corrected chi connectivity index (χ2v) is 6.87. The third-order valence-corrected chi connectivity index (χ3v) is 5.07. The van der Waals surface area contributed by atoms with Crippen LogP contribution in [-0.4, -0.2) is 25.7 Å². The number of ether oxygens (including phenoxy) is 3. The average molecular weight is 457 g/mol. The quantitative estimate of drug-likeness (QED) is 0.665. The molecule has 27 heavy (non-hydrogen) atoms. The van der Waals surface area contributed by atoms with Gasteiger partial charge in [0, 0.05) is 23.0 Å². The Balaban J connectivity index is 0.00000261. The summed E-state index contributed by atoms with van der Waals surface area (Å²) in [6, 6.07) is 11.5. The summed E-state index contributed by atoms with van der Waals surface area (Å²) in [7, 11) is 1.62. The highest BCUT2D eigenvalue weighted by atomic mass is 79.9. The van der Waals surface area contributed by atoms with E-state index in [1.165, 1.54) is 0 Å². The molecule has 0 bridgehead atoms. The zero-order chi connectivity index (χ0) is 18.5. The van der Waals surface area contributed by atoms with Crippen LogP contribution in [0.2, 0.25) is 0 Å². The minimum atomic E-state index is -0.388. The molecule has 1 heterocycles. The van der Waals surface area contributed by atoms with E-state index in [0.717, 1.165) is 21.2 Å². The maximum Gasteiger partial charge on any atom is 0.323 e. The van der Waals surface area contributed by atoms with E-state index < -0.39 is 0 Å². The van der Waals surface area contributed by atoms with Gasteiger partial charge < -0.3 is 14.2 Å². The highest BCUT2D eigenvalue weighted by molar-refractivity contribution is 9.10. The third kappa shape index (κ3) is 4.94. The lowest BCUT2D eigenvalue weighted by molar-refractivity contribution is -0.145. The van der Waals surface area contributed by atoms with Crippen molar-refractivity contribution < 1.29 is 19.0 Å². The molecule has 1 unspecified atom stereocenters. The zero-order valence-corrected chi connectivity index (χ0v) is 17.7. The maximum atomic E-state index is 12.2. The summed E-state index contributed by atoms with van der Waals surface area (Å²) in [6.45, 7) is 3.17. The number of hydrogen-bond acceptors (Lipinski definition) is 5. The smallest absolute Gasteiger partial charge is 0.323 e. The first-order chi connectivity index (χ1) is 12.6. The summed E-state index contributed by atoms with van der Waals surface area (Å²) in [4.78, 5) is 12.2. The Bertz CT molecular complexity index is 785. The molecule has 1 aliphatic heterocycles. The number of carbonyl (C=O) groups is 1. The van der Waals surface area contributed by atoms with Gasteiger partial charge in [0.2, 0.25) is 0 Å². The van der Waals surface area contributed by atoms with Crippen molar-refractivity contribution in [3.05, 3.63) is 57.6 Å². The lowest BCUT2D eigenvalue weighted by Crippen LogP contribution is -2.43. The number of rotatable bonds is 6. The van der Waals surface area contributed by atoms with Crippen LogP contribution in [-0.2, 0) is 29.1 Å². The molecule has 0 spiro atoms. The lowest BCUT2D eigenvalue weighted by Gasteiger charge is -2.28. The molecule has 0 saturated carbocycles. The van der Waals surface area contributed by atoms with E-state index in [2.05, 4.69) is 21.2 Å². The van der Waals surface area contributed by atoms with Crippen LogP contribution in [0.15, 0.2) is 40.9 Å². The van der Waals surface area contributed by atoms with Gasteiger partial charge in [-0.1, -0.05) is 46.3 Å². The standard InChI is InChI=1S/C20H22BrNO4.ClH/c1-3-25-20(23)17-9-14-15(11-22-17)16(21)10-18(24-2)19(14)26-12-13-7-5-4-6-8-13;/h4-8,10,17,22H,3,9,11-12H2,1-2H3;1H. The minimum absolute atomic E-state index is 0. The van der Waals surface area contributed by atoms with E-state index in [1.54, 1.807) is 7.11 Å². The highest BCUT2D eigenvalue weighted by Gasteiger charge is 2.30. The van der Waals surface area contributed by atoms with Gasteiger partial charge in [0.25, 0.3) is 0 Å². The van der Waals surface area contributed by atoms with Crippen molar-refractivity contribution in [2.45, 2.75) is 32.5 Å². The van der Waals surface area contributed by atoms with Crippen molar-refractivity contribution in [1.29, 1.82) is 0 Å². The lowest BCUT2D eigenvalue weighted by atomic mass is 9.94. The number of nitrogens with one attached hydrogen (secondary N) is 1. The van der Waals surface area contributed by atoms with Crippen LogP contribution in [0.4, 0.5) is 0 Å². The Morgan fingerprint density at radius 2 is 2.00 bits per heavy atom. The fourth-order valence-corrected chi connectivity index (χ4v) is 3.64. The van der Waals surface area contributed by atoms with E-state index in [0.29, 0.717) is 37.7 Å². The summed E-state index contributed by atoms with van der Waals surface area (Å²) in [6.07, 6.45) is 0.494. The first kappa shape index (κ1) is 21.5. The minimum Gasteiger partial charge on any atom is -0.493 e. The number of fused-ring (bicyclic) bond motifs is 1. The Morgan fingerprint density at radius 1 is 1.26 bits per heavy atom. The largest absolute Gasteiger partial charge is 0.493 e. The Kier molecular flexibility index (Phi) is 7.95. The average Bonchev–Trinajstić information content (AvgIpc) is 2.67. The van der Waals surface area contributed by atoms with E-state index in [9.17, 15) is 4.79 Å². The van der Waals surface area contributed by atoms with E-state index in [-0.39, 0.29) is 24.4 Å². The van der Waals surface area contributed by atoms with Crippen molar-refractivity contribution in [3.63, 3.8) is 0 Å². The number of hydrogen-bond donors (Lipinski definition) is 1. The zero-order valence-electron chi connectivity index (χ0n) is 15.3. The van der Waals surface area contributed by atoms with Crippen LogP contribution in [0.25, 0.3) is 0 Å². The normalized spacial score (nSPS) is 15.3. The molecule has 146 valence electrons. The number of benzene rings is 2. The van der Waals surface area contributed by atoms with Gasteiger partial charge in [-0.2, -0.15) is 0 Å². The molecule has 2 aromatic carbocycles.